The van der Waals surface area contributed by atoms with Gasteiger partial charge in [-0.1, -0.05) is 29.8 Å². The summed E-state index contributed by atoms with van der Waals surface area (Å²) >= 11 is 7.53. The molecular weight excluding hydrogens is 322 g/mol. The summed E-state index contributed by atoms with van der Waals surface area (Å²) in [7, 11) is 0. The maximum atomic E-state index is 11.8. The van der Waals surface area contributed by atoms with Gasteiger partial charge < -0.3 is 5.32 Å². The Morgan fingerprint density at radius 2 is 2.18 bits per heavy atom. The molecule has 0 saturated carbocycles. The Hall–Kier alpha value is -1.60. The summed E-state index contributed by atoms with van der Waals surface area (Å²) in [5.74, 6) is 1.70. The Morgan fingerprint density at radius 1 is 1.41 bits per heavy atom. The fourth-order valence-electron chi connectivity index (χ4n) is 1.83. The molecule has 1 amide bonds. The van der Waals surface area contributed by atoms with E-state index in [4.69, 9.17) is 11.6 Å². The zero-order valence-corrected chi connectivity index (χ0v) is 14.1. The van der Waals surface area contributed by atoms with Crippen molar-refractivity contribution in [2.45, 2.75) is 32.2 Å². The zero-order chi connectivity index (χ0) is 15.9. The number of tetrazole rings is 1. The fourth-order valence-corrected chi connectivity index (χ4v) is 2.79. The van der Waals surface area contributed by atoms with Crippen LogP contribution < -0.4 is 5.32 Å². The third-order valence-electron chi connectivity index (χ3n) is 2.95. The Morgan fingerprint density at radius 3 is 2.91 bits per heavy atom. The van der Waals surface area contributed by atoms with E-state index in [0.717, 1.165) is 11.4 Å². The molecule has 1 aromatic heterocycles. The molecule has 0 bridgehead atoms. The standard InChI is InChI=1S/C14H18ClN5OS/c1-10(2)20-13(17-18-19-20)8-22-9-14(21)16-7-11-5-3-4-6-12(11)15/h3-6,10H,7-9H2,1-2H3,(H,16,21). The van der Waals surface area contributed by atoms with Crippen LogP contribution in [0.2, 0.25) is 5.02 Å². The van der Waals surface area contributed by atoms with Crippen LogP contribution in [-0.2, 0) is 17.1 Å². The lowest BCUT2D eigenvalue weighted by atomic mass is 10.2. The van der Waals surface area contributed by atoms with Gasteiger partial charge in [0, 0.05) is 11.6 Å². The van der Waals surface area contributed by atoms with Crippen molar-refractivity contribution >= 4 is 29.3 Å². The lowest BCUT2D eigenvalue weighted by molar-refractivity contribution is -0.118. The van der Waals surface area contributed by atoms with E-state index in [2.05, 4.69) is 20.8 Å². The molecule has 1 N–H and O–H groups in total. The second-order valence-electron chi connectivity index (χ2n) is 4.99. The summed E-state index contributed by atoms with van der Waals surface area (Å²) in [6.07, 6.45) is 0. The molecule has 1 aromatic carbocycles. The van der Waals surface area contributed by atoms with Crippen molar-refractivity contribution in [1.82, 2.24) is 25.5 Å². The van der Waals surface area contributed by atoms with Crippen LogP contribution in [0.25, 0.3) is 0 Å². The Labute approximate surface area is 138 Å². The third-order valence-corrected chi connectivity index (χ3v) is 4.25. The van der Waals surface area contributed by atoms with Gasteiger partial charge >= 0.3 is 0 Å². The maximum Gasteiger partial charge on any atom is 0.230 e. The fraction of sp³-hybridized carbons (Fsp3) is 0.429. The van der Waals surface area contributed by atoms with E-state index in [0.29, 0.717) is 23.1 Å². The largest absolute Gasteiger partial charge is 0.351 e. The summed E-state index contributed by atoms with van der Waals surface area (Å²) < 4.78 is 1.76. The summed E-state index contributed by atoms with van der Waals surface area (Å²) in [5, 5.41) is 15.1. The molecule has 0 saturated heterocycles. The maximum absolute atomic E-state index is 11.8. The number of amides is 1. The van der Waals surface area contributed by atoms with Gasteiger partial charge in [-0.15, -0.1) is 16.9 Å². The lowest BCUT2D eigenvalue weighted by Crippen LogP contribution is -2.24. The second kappa shape index (κ2) is 8.14. The number of halogens is 1. The molecule has 1 heterocycles. The SMILES string of the molecule is CC(C)n1nnnc1CSCC(=O)NCc1ccccc1Cl. The van der Waals surface area contributed by atoms with Crippen molar-refractivity contribution in [1.29, 1.82) is 0 Å². The Balaban J connectivity index is 1.74. The molecule has 0 aliphatic heterocycles. The molecule has 0 spiro atoms. The van der Waals surface area contributed by atoms with E-state index >= 15 is 0 Å². The average molecular weight is 340 g/mol. The van der Waals surface area contributed by atoms with Crippen molar-refractivity contribution in [2.75, 3.05) is 5.75 Å². The number of benzene rings is 1. The van der Waals surface area contributed by atoms with Crippen molar-refractivity contribution in [3.63, 3.8) is 0 Å². The molecule has 0 aliphatic carbocycles. The van der Waals surface area contributed by atoms with Gasteiger partial charge in [0.15, 0.2) is 5.82 Å². The molecule has 0 atom stereocenters. The first-order chi connectivity index (χ1) is 10.6. The summed E-state index contributed by atoms with van der Waals surface area (Å²) in [5.41, 5.74) is 0.909. The van der Waals surface area contributed by atoms with Crippen LogP contribution in [0.15, 0.2) is 24.3 Å². The smallest absolute Gasteiger partial charge is 0.230 e. The van der Waals surface area contributed by atoms with E-state index < -0.39 is 0 Å². The Bertz CT molecular complexity index is 631. The number of nitrogens with zero attached hydrogens (tertiary/aromatic N) is 4. The highest BCUT2D eigenvalue weighted by molar-refractivity contribution is 7.99. The third kappa shape index (κ3) is 4.71. The van der Waals surface area contributed by atoms with Gasteiger partial charge in [-0.2, -0.15) is 0 Å². The number of nitrogens with one attached hydrogen (secondary N) is 1. The normalized spacial score (nSPS) is 10.9. The number of hydrogen-bond donors (Lipinski definition) is 1. The van der Waals surface area contributed by atoms with Crippen LogP contribution in [0.3, 0.4) is 0 Å². The van der Waals surface area contributed by atoms with E-state index in [1.807, 2.05) is 38.1 Å². The highest BCUT2D eigenvalue weighted by Crippen LogP contribution is 2.15. The van der Waals surface area contributed by atoms with Gasteiger partial charge in [0.25, 0.3) is 0 Å². The minimum Gasteiger partial charge on any atom is -0.351 e. The average Bonchev–Trinajstić information content (AvgIpc) is 2.95. The minimum atomic E-state index is -0.0338. The molecule has 6 nitrogen and oxygen atoms in total. The lowest BCUT2D eigenvalue weighted by Gasteiger charge is -2.08. The molecule has 0 aliphatic rings. The van der Waals surface area contributed by atoms with E-state index in [-0.39, 0.29) is 11.9 Å². The van der Waals surface area contributed by atoms with Crippen LogP contribution >= 0.6 is 23.4 Å². The van der Waals surface area contributed by atoms with Crippen LogP contribution in [-0.4, -0.2) is 31.9 Å². The number of hydrogen-bond acceptors (Lipinski definition) is 5. The first-order valence-electron chi connectivity index (χ1n) is 6.92. The Kier molecular flexibility index (Phi) is 6.21. The molecule has 22 heavy (non-hydrogen) atoms. The molecule has 0 radical (unpaired) electrons. The van der Waals surface area contributed by atoms with Gasteiger partial charge in [-0.3, -0.25) is 4.79 Å². The second-order valence-corrected chi connectivity index (χ2v) is 6.39. The van der Waals surface area contributed by atoms with Crippen LogP contribution in [0.1, 0.15) is 31.3 Å². The quantitative estimate of drug-likeness (QED) is 0.838. The van der Waals surface area contributed by atoms with E-state index in [1.165, 1.54) is 11.8 Å². The summed E-state index contributed by atoms with van der Waals surface area (Å²) in [4.78, 5) is 11.8. The molecule has 118 valence electrons. The highest BCUT2D eigenvalue weighted by Gasteiger charge is 2.10. The van der Waals surface area contributed by atoms with Crippen LogP contribution in [0.4, 0.5) is 0 Å². The number of carbonyl (C=O) groups excluding carboxylic acids is 1. The first kappa shape index (κ1) is 16.8. The van der Waals surface area contributed by atoms with Crippen LogP contribution in [0.5, 0.6) is 0 Å². The van der Waals surface area contributed by atoms with Crippen molar-refractivity contribution in [2.24, 2.45) is 0 Å². The molecule has 8 heteroatoms. The molecule has 2 aromatic rings. The van der Waals surface area contributed by atoms with Gasteiger partial charge in [0.2, 0.25) is 5.91 Å². The minimum absolute atomic E-state index is 0.0338. The van der Waals surface area contributed by atoms with Gasteiger partial charge in [0.1, 0.15) is 0 Å². The van der Waals surface area contributed by atoms with Crippen molar-refractivity contribution < 1.29 is 4.79 Å². The van der Waals surface area contributed by atoms with Crippen LogP contribution in [0, 0.1) is 0 Å². The number of aromatic nitrogens is 4. The summed E-state index contributed by atoms with van der Waals surface area (Å²) in [6, 6.07) is 7.67. The van der Waals surface area contributed by atoms with Gasteiger partial charge in [0.05, 0.1) is 17.5 Å². The zero-order valence-electron chi connectivity index (χ0n) is 12.5. The predicted octanol–water partition coefficient (Wildman–Crippen LogP) is 2.46. The predicted molar refractivity (Wildman–Crippen MR) is 87.7 cm³/mol. The van der Waals surface area contributed by atoms with Gasteiger partial charge in [-0.05, 0) is 35.9 Å². The molecule has 2 rings (SSSR count). The van der Waals surface area contributed by atoms with E-state index in [9.17, 15) is 4.79 Å². The summed E-state index contributed by atoms with van der Waals surface area (Å²) in [6.45, 7) is 4.46. The number of rotatable bonds is 7. The van der Waals surface area contributed by atoms with Gasteiger partial charge in [-0.25, -0.2) is 4.68 Å². The molecule has 0 fully saturated rings. The van der Waals surface area contributed by atoms with Crippen molar-refractivity contribution in [3.8, 4) is 0 Å². The molecular formula is C14H18ClN5OS. The monoisotopic (exact) mass is 339 g/mol. The number of carbonyl (C=O) groups is 1. The number of thioether (sulfide) groups is 1. The first-order valence-corrected chi connectivity index (χ1v) is 8.45. The highest BCUT2D eigenvalue weighted by atomic mass is 35.5. The topological polar surface area (TPSA) is 72.7 Å². The van der Waals surface area contributed by atoms with E-state index in [1.54, 1.807) is 4.68 Å². The molecule has 0 unspecified atom stereocenters. The van der Waals surface area contributed by atoms with Crippen molar-refractivity contribution in [3.05, 3.63) is 40.7 Å².